The molecule has 0 aromatic carbocycles. The van der Waals surface area contributed by atoms with Crippen LogP contribution in [0.25, 0.3) is 0 Å². The van der Waals surface area contributed by atoms with Crippen molar-refractivity contribution in [2.24, 2.45) is 0 Å². The SMILES string of the molecule is C/C=C\C=C/CS(OC)(C(C)/C=C\C=C/CC)C(C)(C)C. The van der Waals surface area contributed by atoms with Crippen LogP contribution in [0.15, 0.2) is 48.6 Å². The Hall–Kier alpha value is -0.730. The van der Waals surface area contributed by atoms with Crippen LogP contribution in [0.3, 0.4) is 0 Å². The van der Waals surface area contributed by atoms with Crippen molar-refractivity contribution in [3.63, 3.8) is 0 Å². The van der Waals surface area contributed by atoms with Gasteiger partial charge in [-0.05, 0) is 20.3 Å². The van der Waals surface area contributed by atoms with Crippen LogP contribution in [-0.2, 0) is 4.18 Å². The van der Waals surface area contributed by atoms with E-state index in [-0.39, 0.29) is 4.75 Å². The molecular weight excluding hydrogens is 276 g/mol. The van der Waals surface area contributed by atoms with E-state index in [1.807, 2.05) is 14.0 Å². The van der Waals surface area contributed by atoms with Gasteiger partial charge in [0, 0.05) is 22.9 Å². The van der Waals surface area contributed by atoms with Crippen molar-refractivity contribution < 1.29 is 4.18 Å². The molecule has 0 aromatic heterocycles. The third-order valence-corrected chi connectivity index (χ3v) is 8.30. The summed E-state index contributed by atoms with van der Waals surface area (Å²) in [5.41, 5.74) is 0. The first-order valence-electron chi connectivity index (χ1n) is 7.82. The third-order valence-electron chi connectivity index (χ3n) is 3.58. The van der Waals surface area contributed by atoms with Crippen LogP contribution < -0.4 is 0 Å². The van der Waals surface area contributed by atoms with Gasteiger partial charge in [0.2, 0.25) is 0 Å². The molecule has 0 rings (SSSR count). The molecule has 1 nitrogen and oxygen atoms in total. The van der Waals surface area contributed by atoms with E-state index in [0.717, 1.165) is 12.2 Å². The Bertz CT molecular complexity index is 385. The second-order valence-electron chi connectivity index (χ2n) is 6.05. The Balaban J connectivity index is 5.28. The molecule has 21 heavy (non-hydrogen) atoms. The standard InChI is InChI=1S/C19H34OS/c1-8-10-12-14-16-18(3)21(20-7,19(4,5)6)17-15-13-11-9-2/h9-16,18H,8,17H2,1-7H3/b11-9-,12-10-,15-13-,16-14-. The third kappa shape index (κ3) is 6.27. The molecule has 0 saturated heterocycles. The largest absolute Gasteiger partial charge is 0.339 e. The van der Waals surface area contributed by atoms with Crippen molar-refractivity contribution in [1.29, 1.82) is 0 Å². The van der Waals surface area contributed by atoms with Gasteiger partial charge in [0.1, 0.15) is 0 Å². The van der Waals surface area contributed by atoms with Crippen molar-refractivity contribution in [2.75, 3.05) is 12.9 Å². The summed E-state index contributed by atoms with van der Waals surface area (Å²) in [7, 11) is 0.633. The van der Waals surface area contributed by atoms with Crippen LogP contribution in [0.4, 0.5) is 0 Å². The number of hydrogen-bond donors (Lipinski definition) is 0. The van der Waals surface area contributed by atoms with E-state index in [2.05, 4.69) is 83.2 Å². The van der Waals surface area contributed by atoms with Gasteiger partial charge in [-0.15, -0.1) is 10.3 Å². The molecule has 2 atom stereocenters. The van der Waals surface area contributed by atoms with Crippen LogP contribution in [0.1, 0.15) is 48.0 Å². The minimum absolute atomic E-state index is 0.139. The van der Waals surface area contributed by atoms with Crippen LogP contribution in [0.5, 0.6) is 0 Å². The maximum absolute atomic E-state index is 6.13. The molecule has 0 N–H and O–H groups in total. The fourth-order valence-corrected chi connectivity index (χ4v) is 5.98. The Morgan fingerprint density at radius 1 is 1.05 bits per heavy atom. The first-order valence-corrected chi connectivity index (χ1v) is 9.61. The van der Waals surface area contributed by atoms with E-state index in [4.69, 9.17) is 4.18 Å². The number of rotatable bonds is 8. The fourth-order valence-electron chi connectivity index (χ4n) is 2.38. The predicted octanol–water partition coefficient (Wildman–Crippen LogP) is 6.19. The molecule has 2 unspecified atom stereocenters. The summed E-state index contributed by atoms with van der Waals surface area (Å²) in [6.07, 6.45) is 18.3. The van der Waals surface area contributed by atoms with E-state index in [1.54, 1.807) is 0 Å². The summed E-state index contributed by atoms with van der Waals surface area (Å²) in [5.74, 6) is 0.986. The average molecular weight is 311 g/mol. The van der Waals surface area contributed by atoms with E-state index < -0.39 is 10.3 Å². The second-order valence-corrected chi connectivity index (χ2v) is 10.1. The average Bonchev–Trinajstić information content (AvgIpc) is 2.42. The van der Waals surface area contributed by atoms with Crippen molar-refractivity contribution in [3.05, 3.63) is 48.6 Å². The molecule has 0 heterocycles. The highest BCUT2D eigenvalue weighted by molar-refractivity contribution is 8.31. The fraction of sp³-hybridized carbons (Fsp3) is 0.579. The number of hydrogen-bond acceptors (Lipinski definition) is 1. The molecular formula is C19H34OS. The maximum Gasteiger partial charge on any atom is 0.0482 e. The van der Waals surface area contributed by atoms with Gasteiger partial charge >= 0.3 is 0 Å². The van der Waals surface area contributed by atoms with Gasteiger partial charge in [0.05, 0.1) is 0 Å². The van der Waals surface area contributed by atoms with E-state index >= 15 is 0 Å². The highest BCUT2D eigenvalue weighted by atomic mass is 32.3. The minimum Gasteiger partial charge on any atom is -0.339 e. The smallest absolute Gasteiger partial charge is 0.0482 e. The zero-order chi connectivity index (χ0) is 16.4. The lowest BCUT2D eigenvalue weighted by molar-refractivity contribution is 0.442. The lowest BCUT2D eigenvalue weighted by Gasteiger charge is -2.52. The molecule has 0 fully saturated rings. The first kappa shape index (κ1) is 20.3. The lowest BCUT2D eigenvalue weighted by Crippen LogP contribution is -2.34. The summed E-state index contributed by atoms with van der Waals surface area (Å²) < 4.78 is 6.27. The Labute approximate surface area is 134 Å². The highest BCUT2D eigenvalue weighted by Gasteiger charge is 2.39. The molecule has 0 spiro atoms. The van der Waals surface area contributed by atoms with Crippen molar-refractivity contribution in [3.8, 4) is 0 Å². The number of allylic oxidation sites excluding steroid dienone is 6. The van der Waals surface area contributed by atoms with E-state index in [0.29, 0.717) is 5.25 Å². The molecule has 0 aromatic rings. The zero-order valence-corrected chi connectivity index (χ0v) is 15.7. The lowest BCUT2D eigenvalue weighted by atomic mass is 10.3. The second kappa shape index (κ2) is 10.1. The molecule has 0 bridgehead atoms. The molecule has 122 valence electrons. The van der Waals surface area contributed by atoms with Crippen LogP contribution in [-0.4, -0.2) is 22.9 Å². The van der Waals surface area contributed by atoms with Gasteiger partial charge in [-0.3, -0.25) is 0 Å². The maximum atomic E-state index is 6.13. The quantitative estimate of drug-likeness (QED) is 0.485. The van der Waals surface area contributed by atoms with Crippen molar-refractivity contribution in [2.45, 2.75) is 58.0 Å². The Morgan fingerprint density at radius 2 is 1.67 bits per heavy atom. The normalized spacial score (nSPS) is 19.8. The predicted molar refractivity (Wildman–Crippen MR) is 101 cm³/mol. The van der Waals surface area contributed by atoms with Gasteiger partial charge in [0.15, 0.2) is 0 Å². The van der Waals surface area contributed by atoms with Gasteiger partial charge in [-0.2, -0.15) is 0 Å². The first-order chi connectivity index (χ1) is 9.85. The summed E-state index contributed by atoms with van der Waals surface area (Å²) in [5, 5.41) is 0.416. The molecule has 0 aliphatic heterocycles. The molecule has 0 amide bonds. The van der Waals surface area contributed by atoms with Gasteiger partial charge < -0.3 is 4.18 Å². The summed E-state index contributed by atoms with van der Waals surface area (Å²) in [4.78, 5) is 0. The molecule has 0 radical (unpaired) electrons. The Morgan fingerprint density at radius 3 is 2.14 bits per heavy atom. The van der Waals surface area contributed by atoms with Gasteiger partial charge in [-0.25, -0.2) is 0 Å². The van der Waals surface area contributed by atoms with Gasteiger partial charge in [0.25, 0.3) is 0 Å². The van der Waals surface area contributed by atoms with Crippen LogP contribution >= 0.6 is 10.3 Å². The molecule has 0 saturated carbocycles. The molecule has 0 aliphatic carbocycles. The summed E-state index contributed by atoms with van der Waals surface area (Å²) in [6.45, 7) is 13.4. The van der Waals surface area contributed by atoms with E-state index in [9.17, 15) is 0 Å². The summed E-state index contributed by atoms with van der Waals surface area (Å²) in [6, 6.07) is 0. The zero-order valence-electron chi connectivity index (χ0n) is 14.9. The minimum atomic E-state index is -1.24. The Kier molecular flexibility index (Phi) is 9.72. The van der Waals surface area contributed by atoms with Crippen molar-refractivity contribution >= 4 is 10.3 Å². The van der Waals surface area contributed by atoms with Crippen LogP contribution in [0, 0.1) is 0 Å². The van der Waals surface area contributed by atoms with Crippen LogP contribution in [0.2, 0.25) is 0 Å². The van der Waals surface area contributed by atoms with E-state index in [1.165, 1.54) is 0 Å². The highest BCUT2D eigenvalue weighted by Crippen LogP contribution is 2.63. The monoisotopic (exact) mass is 310 g/mol. The summed E-state index contributed by atoms with van der Waals surface area (Å²) >= 11 is 0. The molecule has 0 aliphatic rings. The molecule has 2 heteroatoms. The van der Waals surface area contributed by atoms with Crippen molar-refractivity contribution in [1.82, 2.24) is 0 Å². The van der Waals surface area contributed by atoms with Gasteiger partial charge in [-0.1, -0.05) is 76.3 Å². The topological polar surface area (TPSA) is 9.23 Å².